The molecule has 1 atom stereocenters. The fourth-order valence-corrected chi connectivity index (χ4v) is 4.25. The van der Waals surface area contributed by atoms with Crippen molar-refractivity contribution in [2.45, 2.75) is 37.9 Å². The SMILES string of the molecule is CC1OC2(CCN(CCc3ccc(C#N)cn3)CC2)CN(c2ccccc2)C1=O.Cl. The Morgan fingerprint density at radius 1 is 1.20 bits per heavy atom. The molecule has 0 radical (unpaired) electrons. The second-order valence-electron chi connectivity index (χ2n) is 7.94. The van der Waals surface area contributed by atoms with Gasteiger partial charge >= 0.3 is 0 Å². The van der Waals surface area contributed by atoms with E-state index in [2.05, 4.69) is 16.0 Å². The van der Waals surface area contributed by atoms with Gasteiger partial charge in [-0.05, 0) is 44.0 Å². The standard InChI is InChI=1S/C23H26N4O2.ClH/c1-18-22(28)27(21-5-3-2-4-6-21)17-23(29-18)10-13-26(14-11-23)12-9-20-8-7-19(15-24)16-25-20;/h2-8,16,18H,9-14,17H2,1H3;1H. The van der Waals surface area contributed by atoms with Gasteiger partial charge in [-0.1, -0.05) is 18.2 Å². The highest BCUT2D eigenvalue weighted by Gasteiger charge is 2.45. The van der Waals surface area contributed by atoms with Crippen molar-refractivity contribution in [2.75, 3.05) is 31.1 Å². The number of hydrogen-bond donors (Lipinski definition) is 0. The van der Waals surface area contributed by atoms with Crippen molar-refractivity contribution in [3.63, 3.8) is 0 Å². The van der Waals surface area contributed by atoms with Crippen LogP contribution in [0, 0.1) is 11.3 Å². The van der Waals surface area contributed by atoms with E-state index in [0.29, 0.717) is 12.1 Å². The summed E-state index contributed by atoms with van der Waals surface area (Å²) in [6.45, 7) is 5.30. The van der Waals surface area contributed by atoms with Crippen LogP contribution >= 0.6 is 12.4 Å². The number of para-hydroxylation sites is 1. The highest BCUT2D eigenvalue weighted by atomic mass is 35.5. The fourth-order valence-electron chi connectivity index (χ4n) is 4.25. The molecule has 4 rings (SSSR count). The second-order valence-corrected chi connectivity index (χ2v) is 7.94. The number of ether oxygens (including phenoxy) is 1. The highest BCUT2D eigenvalue weighted by Crippen LogP contribution is 2.35. The molecular weight excluding hydrogens is 400 g/mol. The Morgan fingerprint density at radius 2 is 1.93 bits per heavy atom. The van der Waals surface area contributed by atoms with Gasteiger partial charge in [-0.2, -0.15) is 5.26 Å². The van der Waals surface area contributed by atoms with E-state index in [9.17, 15) is 4.79 Å². The molecule has 1 unspecified atom stereocenters. The molecule has 2 aliphatic heterocycles. The van der Waals surface area contributed by atoms with E-state index in [0.717, 1.165) is 50.3 Å². The average Bonchev–Trinajstić information content (AvgIpc) is 2.77. The first-order valence-electron chi connectivity index (χ1n) is 10.2. The van der Waals surface area contributed by atoms with E-state index in [1.165, 1.54) is 0 Å². The molecular formula is C23H27ClN4O2. The molecule has 30 heavy (non-hydrogen) atoms. The van der Waals surface area contributed by atoms with Crippen LogP contribution in [0.2, 0.25) is 0 Å². The number of carbonyl (C=O) groups excluding carboxylic acids is 1. The monoisotopic (exact) mass is 426 g/mol. The summed E-state index contributed by atoms with van der Waals surface area (Å²) in [5.74, 6) is 0.0381. The highest BCUT2D eigenvalue weighted by molar-refractivity contribution is 5.97. The summed E-state index contributed by atoms with van der Waals surface area (Å²) in [7, 11) is 0. The first-order valence-corrected chi connectivity index (χ1v) is 10.2. The molecule has 158 valence electrons. The number of amides is 1. The lowest BCUT2D eigenvalue weighted by Gasteiger charge is -2.49. The summed E-state index contributed by atoms with van der Waals surface area (Å²) < 4.78 is 6.25. The van der Waals surface area contributed by atoms with Gasteiger partial charge in [0.1, 0.15) is 12.2 Å². The van der Waals surface area contributed by atoms with Crippen LogP contribution in [0.25, 0.3) is 0 Å². The van der Waals surface area contributed by atoms with E-state index >= 15 is 0 Å². The Labute approximate surface area is 183 Å². The number of pyridine rings is 1. The largest absolute Gasteiger partial charge is 0.360 e. The van der Waals surface area contributed by atoms with Crippen LogP contribution in [0.3, 0.4) is 0 Å². The van der Waals surface area contributed by atoms with Crippen LogP contribution in [-0.4, -0.2) is 53.7 Å². The van der Waals surface area contributed by atoms with Gasteiger partial charge in [0.15, 0.2) is 0 Å². The molecule has 0 bridgehead atoms. The van der Waals surface area contributed by atoms with Gasteiger partial charge in [0.05, 0.1) is 17.7 Å². The predicted molar refractivity (Wildman–Crippen MR) is 118 cm³/mol. The van der Waals surface area contributed by atoms with Crippen molar-refractivity contribution in [1.29, 1.82) is 5.26 Å². The third-order valence-electron chi connectivity index (χ3n) is 5.96. The number of rotatable bonds is 4. The van der Waals surface area contributed by atoms with Gasteiger partial charge in [0, 0.05) is 43.6 Å². The smallest absolute Gasteiger partial charge is 0.255 e. The van der Waals surface area contributed by atoms with E-state index in [1.807, 2.05) is 54.3 Å². The van der Waals surface area contributed by atoms with Gasteiger partial charge in [-0.15, -0.1) is 12.4 Å². The van der Waals surface area contributed by atoms with Crippen LogP contribution < -0.4 is 4.90 Å². The summed E-state index contributed by atoms with van der Waals surface area (Å²) in [5.41, 5.74) is 2.27. The van der Waals surface area contributed by atoms with E-state index in [-0.39, 0.29) is 23.9 Å². The molecule has 1 amide bonds. The van der Waals surface area contributed by atoms with Crippen molar-refractivity contribution >= 4 is 24.0 Å². The summed E-state index contributed by atoms with van der Waals surface area (Å²) >= 11 is 0. The minimum Gasteiger partial charge on any atom is -0.360 e. The van der Waals surface area contributed by atoms with E-state index in [1.54, 1.807) is 6.20 Å². The van der Waals surface area contributed by atoms with Crippen LogP contribution in [-0.2, 0) is 16.0 Å². The van der Waals surface area contributed by atoms with Gasteiger partial charge < -0.3 is 14.5 Å². The molecule has 1 aromatic carbocycles. The molecule has 0 saturated carbocycles. The predicted octanol–water partition coefficient (Wildman–Crippen LogP) is 3.20. The van der Waals surface area contributed by atoms with Crippen molar-refractivity contribution in [1.82, 2.24) is 9.88 Å². The van der Waals surface area contributed by atoms with Crippen molar-refractivity contribution in [2.24, 2.45) is 0 Å². The van der Waals surface area contributed by atoms with Crippen molar-refractivity contribution < 1.29 is 9.53 Å². The number of carbonyl (C=O) groups is 1. The summed E-state index contributed by atoms with van der Waals surface area (Å²) in [6.07, 6.45) is 3.90. The fraction of sp³-hybridized carbons (Fsp3) is 0.435. The Morgan fingerprint density at radius 3 is 2.57 bits per heavy atom. The number of morpholine rings is 1. The maximum absolute atomic E-state index is 12.7. The molecule has 2 fully saturated rings. The maximum atomic E-state index is 12.7. The number of piperidine rings is 1. The van der Waals surface area contributed by atoms with Crippen LogP contribution in [0.5, 0.6) is 0 Å². The molecule has 1 spiro atoms. The van der Waals surface area contributed by atoms with Gasteiger partial charge in [0.2, 0.25) is 0 Å². The molecule has 0 N–H and O–H groups in total. The maximum Gasteiger partial charge on any atom is 0.255 e. The summed E-state index contributed by atoms with van der Waals surface area (Å²) in [6, 6.07) is 15.7. The molecule has 7 heteroatoms. The van der Waals surface area contributed by atoms with Crippen molar-refractivity contribution in [3.8, 4) is 6.07 Å². The average molecular weight is 427 g/mol. The van der Waals surface area contributed by atoms with E-state index < -0.39 is 6.10 Å². The summed E-state index contributed by atoms with van der Waals surface area (Å²) in [5, 5.41) is 8.88. The van der Waals surface area contributed by atoms with Crippen LogP contribution in [0.4, 0.5) is 5.69 Å². The normalized spacial score (nSPS) is 21.1. The number of nitrogens with zero attached hydrogens (tertiary/aromatic N) is 4. The zero-order chi connectivity index (χ0) is 20.3. The van der Waals surface area contributed by atoms with Gasteiger partial charge in [0.25, 0.3) is 5.91 Å². The number of aromatic nitrogens is 1. The topological polar surface area (TPSA) is 69.5 Å². The minimum absolute atomic E-state index is 0. The van der Waals surface area contributed by atoms with Crippen molar-refractivity contribution in [3.05, 3.63) is 59.9 Å². The zero-order valence-corrected chi connectivity index (χ0v) is 18.0. The molecule has 6 nitrogen and oxygen atoms in total. The lowest BCUT2D eigenvalue weighted by atomic mass is 9.88. The zero-order valence-electron chi connectivity index (χ0n) is 17.2. The third kappa shape index (κ3) is 4.81. The third-order valence-corrected chi connectivity index (χ3v) is 5.96. The van der Waals surface area contributed by atoms with Gasteiger partial charge in [-0.3, -0.25) is 9.78 Å². The number of hydrogen-bond acceptors (Lipinski definition) is 5. The number of benzene rings is 1. The quantitative estimate of drug-likeness (QED) is 0.750. The first kappa shape index (κ1) is 22.2. The lowest BCUT2D eigenvalue weighted by Crippen LogP contribution is -2.61. The Hall–Kier alpha value is -2.46. The molecule has 2 aliphatic rings. The number of halogens is 1. The molecule has 2 aromatic rings. The number of nitriles is 1. The van der Waals surface area contributed by atoms with Crippen LogP contribution in [0.15, 0.2) is 48.7 Å². The molecule has 1 aromatic heterocycles. The molecule has 2 saturated heterocycles. The lowest BCUT2D eigenvalue weighted by molar-refractivity contribution is -0.161. The van der Waals surface area contributed by atoms with Crippen LogP contribution in [0.1, 0.15) is 31.0 Å². The molecule has 0 aliphatic carbocycles. The van der Waals surface area contributed by atoms with Gasteiger partial charge in [-0.25, -0.2) is 0 Å². The molecule has 3 heterocycles. The first-order chi connectivity index (χ1) is 14.1. The number of likely N-dealkylation sites (tertiary alicyclic amines) is 1. The Kier molecular flexibility index (Phi) is 7.09. The minimum atomic E-state index is -0.418. The van der Waals surface area contributed by atoms with E-state index in [4.69, 9.17) is 10.00 Å². The Bertz CT molecular complexity index is 890. The second kappa shape index (κ2) is 9.57. The summed E-state index contributed by atoms with van der Waals surface area (Å²) in [4.78, 5) is 21.4. The number of anilines is 1. The Balaban J connectivity index is 0.00000256.